The second-order valence-electron chi connectivity index (χ2n) is 15.9. The summed E-state index contributed by atoms with van der Waals surface area (Å²) in [5.74, 6) is 0. The highest BCUT2D eigenvalue weighted by molar-refractivity contribution is 7.18. The largest absolute Gasteiger partial charge is 0.341 e. The van der Waals surface area contributed by atoms with Crippen LogP contribution in [0.2, 0.25) is 0 Å². The lowest BCUT2D eigenvalue weighted by Gasteiger charge is -2.27. The molecule has 0 bridgehead atoms. The van der Waals surface area contributed by atoms with Crippen molar-refractivity contribution in [3.8, 4) is 17.2 Å². The number of hydrogen-bond donors (Lipinski definition) is 0. The van der Waals surface area contributed by atoms with Crippen LogP contribution in [-0.2, 0) is 0 Å². The first-order valence-electron chi connectivity index (χ1n) is 21.5. The van der Waals surface area contributed by atoms with Gasteiger partial charge in [0, 0.05) is 68.6 Å². The van der Waals surface area contributed by atoms with E-state index in [1.807, 2.05) is 12.1 Å². The van der Waals surface area contributed by atoms with Crippen LogP contribution in [0.5, 0.6) is 0 Å². The highest BCUT2D eigenvalue weighted by atomic mass is 32.1. The fourth-order valence-electron chi connectivity index (χ4n) is 8.94. The summed E-state index contributed by atoms with van der Waals surface area (Å²) in [6.45, 7) is 17.0. The minimum atomic E-state index is 0.647. The van der Waals surface area contributed by atoms with E-state index in [0.29, 0.717) is 5.56 Å². The predicted octanol–water partition coefficient (Wildman–Crippen LogP) is 15.2. The molecule has 0 fully saturated rings. The number of thiophene rings is 1. The summed E-state index contributed by atoms with van der Waals surface area (Å²) in [4.78, 5) is 5.72. The van der Waals surface area contributed by atoms with Crippen molar-refractivity contribution in [3.05, 3.63) is 219 Å². The van der Waals surface area contributed by atoms with E-state index in [0.717, 1.165) is 79.1 Å². The van der Waals surface area contributed by atoms with E-state index in [9.17, 15) is 5.26 Å². The Balaban J connectivity index is 1.40. The highest BCUT2D eigenvalue weighted by Gasteiger charge is 2.30. The first kappa shape index (κ1) is 41.7. The quantitative estimate of drug-likeness (QED) is 0.122. The van der Waals surface area contributed by atoms with Crippen molar-refractivity contribution < 1.29 is 4.58 Å². The van der Waals surface area contributed by atoms with Gasteiger partial charge in [-0.2, -0.15) is 9.84 Å². The molecule has 7 aromatic rings. The van der Waals surface area contributed by atoms with Crippen LogP contribution in [0.1, 0.15) is 57.7 Å². The molecule has 1 aliphatic carbocycles. The van der Waals surface area contributed by atoms with Crippen LogP contribution < -0.4 is 9.80 Å². The highest BCUT2D eigenvalue weighted by Crippen LogP contribution is 2.52. The molecule has 1 aliphatic rings. The Hall–Kier alpha value is -7.00. The lowest BCUT2D eigenvalue weighted by atomic mass is 9.90. The van der Waals surface area contributed by atoms with Crippen LogP contribution in [0.4, 0.5) is 33.4 Å². The van der Waals surface area contributed by atoms with E-state index in [1.165, 1.54) is 33.6 Å². The molecule has 4 nitrogen and oxygen atoms in total. The maximum Gasteiger partial charge on any atom is 0.211 e. The Labute approximate surface area is 372 Å². The van der Waals surface area contributed by atoms with E-state index >= 15 is 0 Å². The van der Waals surface area contributed by atoms with Gasteiger partial charge in [-0.05, 0) is 124 Å². The van der Waals surface area contributed by atoms with Crippen molar-refractivity contribution in [1.82, 2.24) is 0 Å². The van der Waals surface area contributed by atoms with Crippen molar-refractivity contribution in [3.63, 3.8) is 0 Å². The molecule has 5 heteroatoms. The fourth-order valence-corrected chi connectivity index (χ4v) is 10.3. The van der Waals surface area contributed by atoms with Gasteiger partial charge in [0.1, 0.15) is 17.6 Å². The summed E-state index contributed by atoms with van der Waals surface area (Å²) < 4.78 is 2.40. The van der Waals surface area contributed by atoms with Gasteiger partial charge in [-0.25, -0.2) is 0 Å². The van der Waals surface area contributed by atoms with Crippen molar-refractivity contribution in [2.45, 2.75) is 48.5 Å². The number of anilines is 5. The molecule has 6 aromatic carbocycles. The van der Waals surface area contributed by atoms with Crippen LogP contribution in [0, 0.1) is 45.9 Å². The first-order chi connectivity index (χ1) is 30.2. The number of benzene rings is 6. The Bertz CT molecular complexity index is 2860. The molecule has 0 atom stereocenters. The second kappa shape index (κ2) is 18.3. The van der Waals surface area contributed by atoms with Crippen molar-refractivity contribution >= 4 is 56.1 Å². The van der Waals surface area contributed by atoms with E-state index in [4.69, 9.17) is 0 Å². The summed E-state index contributed by atoms with van der Waals surface area (Å²) in [7, 11) is 0. The Morgan fingerprint density at radius 3 is 1.74 bits per heavy atom. The number of rotatable bonds is 11. The number of nitrogens with zero attached hydrogens (tertiary/aromatic N) is 4. The van der Waals surface area contributed by atoms with Crippen LogP contribution in [0.15, 0.2) is 175 Å². The molecular weight excluding hydrogens is 773 g/mol. The van der Waals surface area contributed by atoms with E-state index in [1.54, 1.807) is 11.3 Å². The van der Waals surface area contributed by atoms with Gasteiger partial charge in [0.2, 0.25) is 11.4 Å². The minimum Gasteiger partial charge on any atom is -0.341 e. The maximum atomic E-state index is 11.4. The van der Waals surface area contributed by atoms with Gasteiger partial charge in [0.05, 0.1) is 5.56 Å². The molecule has 62 heavy (non-hydrogen) atoms. The van der Waals surface area contributed by atoms with Gasteiger partial charge in [-0.15, -0.1) is 11.3 Å². The monoisotopic (exact) mass is 825 g/mol. The SMILES string of the molecule is CCN(c1ccc(C(=C2C=CC(=[N+](CC)c3c(C)cccc3C)C=C2)c2sc(N(c3ccccc3)c3ccccc3C)c(C#N)c2-c2ccccc2)cc1)c1c(C)cccc1C. The predicted molar refractivity (Wildman–Crippen MR) is 265 cm³/mol. The van der Waals surface area contributed by atoms with Gasteiger partial charge >= 0.3 is 0 Å². The summed E-state index contributed by atoms with van der Waals surface area (Å²) >= 11 is 1.69. The zero-order valence-corrected chi connectivity index (χ0v) is 37.6. The molecule has 0 N–H and O–H groups in total. The van der Waals surface area contributed by atoms with Gasteiger partial charge < -0.3 is 9.80 Å². The second-order valence-corrected chi connectivity index (χ2v) is 16.9. The zero-order chi connectivity index (χ0) is 43.3. The molecule has 0 spiro atoms. The number of nitriles is 1. The molecule has 0 aliphatic heterocycles. The topological polar surface area (TPSA) is 33.3 Å². The molecule has 0 radical (unpaired) electrons. The normalized spacial score (nSPS) is 12.0. The number of hydrogen-bond acceptors (Lipinski definition) is 4. The van der Waals surface area contributed by atoms with Crippen molar-refractivity contribution in [1.29, 1.82) is 5.26 Å². The molecule has 306 valence electrons. The van der Waals surface area contributed by atoms with Gasteiger partial charge in [-0.3, -0.25) is 0 Å². The summed E-state index contributed by atoms with van der Waals surface area (Å²) in [5, 5.41) is 12.3. The molecule has 0 amide bonds. The third kappa shape index (κ3) is 7.98. The molecule has 0 saturated heterocycles. The van der Waals surface area contributed by atoms with Crippen molar-refractivity contribution in [2.24, 2.45) is 0 Å². The van der Waals surface area contributed by atoms with Gasteiger partial charge in [-0.1, -0.05) is 115 Å². The Kier molecular flexibility index (Phi) is 12.3. The third-order valence-corrected chi connectivity index (χ3v) is 13.0. The molecule has 0 unspecified atom stereocenters. The number of aryl methyl sites for hydroxylation is 5. The molecule has 0 saturated carbocycles. The van der Waals surface area contributed by atoms with E-state index in [-0.39, 0.29) is 0 Å². The molecule has 1 aromatic heterocycles. The van der Waals surface area contributed by atoms with Crippen molar-refractivity contribution in [2.75, 3.05) is 22.9 Å². The summed E-state index contributed by atoms with van der Waals surface area (Å²) in [6, 6.07) is 54.1. The average Bonchev–Trinajstić information content (AvgIpc) is 3.67. The van der Waals surface area contributed by atoms with E-state index in [2.05, 4.69) is 227 Å². The minimum absolute atomic E-state index is 0.647. The van der Waals surface area contributed by atoms with E-state index < -0.39 is 0 Å². The van der Waals surface area contributed by atoms with Crippen LogP contribution in [-0.4, -0.2) is 23.4 Å². The smallest absolute Gasteiger partial charge is 0.211 e. The third-order valence-electron chi connectivity index (χ3n) is 11.9. The fraction of sp³-hybridized carbons (Fsp3) is 0.158. The molecule has 1 heterocycles. The number of allylic oxidation sites excluding steroid dienone is 5. The van der Waals surface area contributed by atoms with Gasteiger partial charge in [0.25, 0.3) is 0 Å². The average molecular weight is 826 g/mol. The first-order valence-corrected chi connectivity index (χ1v) is 22.3. The van der Waals surface area contributed by atoms with Gasteiger partial charge in [0.15, 0.2) is 0 Å². The maximum absolute atomic E-state index is 11.4. The number of para-hydroxylation sites is 4. The standard InChI is InChI=1S/C57H53N4S/c1-8-59(54-40(4)21-18-22-41(54)5)47-34-30-45(31-35-47)52(46-32-36-48(37-33-46)60(9-2)55-42(6)23-19-24-43(55)7)56-53(44-25-12-10-13-26-44)50(38-58)57(62-56)61(49-27-14-11-15-28-49)51-29-17-16-20-39(51)3/h10-37H,8-9H2,1-7H3/q+1. The lowest BCUT2D eigenvalue weighted by molar-refractivity contribution is -0.435. The summed E-state index contributed by atoms with van der Waals surface area (Å²) in [5.41, 5.74) is 18.8. The summed E-state index contributed by atoms with van der Waals surface area (Å²) in [6.07, 6.45) is 9.04. The van der Waals surface area contributed by atoms with Crippen LogP contribution in [0.3, 0.4) is 0 Å². The lowest BCUT2D eigenvalue weighted by Crippen LogP contribution is -2.18. The zero-order valence-electron chi connectivity index (χ0n) is 36.8. The molecular formula is C57H53N4S+. The molecule has 8 rings (SSSR count). The Morgan fingerprint density at radius 2 is 1.16 bits per heavy atom. The van der Waals surface area contributed by atoms with Crippen LogP contribution in [0.25, 0.3) is 16.7 Å². The van der Waals surface area contributed by atoms with Crippen LogP contribution >= 0.6 is 11.3 Å². The Morgan fingerprint density at radius 1 is 0.597 bits per heavy atom.